The van der Waals surface area contributed by atoms with Gasteiger partial charge in [-0.15, -0.1) is 11.3 Å². The first kappa shape index (κ1) is 18.4. The van der Waals surface area contributed by atoms with Crippen molar-refractivity contribution in [2.45, 2.75) is 38.8 Å². The van der Waals surface area contributed by atoms with Crippen molar-refractivity contribution in [2.24, 2.45) is 5.73 Å². The lowest BCUT2D eigenvalue weighted by molar-refractivity contribution is -0.131. The van der Waals surface area contributed by atoms with Crippen molar-refractivity contribution in [1.29, 1.82) is 0 Å². The normalized spacial score (nSPS) is 13.5. The number of benzene rings is 1. The second-order valence-electron chi connectivity index (χ2n) is 6.99. The highest BCUT2D eigenvalue weighted by molar-refractivity contribution is 7.13. The minimum atomic E-state index is -0.454. The van der Waals surface area contributed by atoms with E-state index in [2.05, 4.69) is 4.98 Å². The number of primary amides is 1. The smallest absolute Gasteiger partial charge is 0.248 e. The van der Waals surface area contributed by atoms with Crippen LogP contribution < -0.4 is 5.73 Å². The molecule has 1 fully saturated rings. The van der Waals surface area contributed by atoms with Gasteiger partial charge in [-0.05, 0) is 48.9 Å². The fourth-order valence-electron chi connectivity index (χ4n) is 3.12. The summed E-state index contributed by atoms with van der Waals surface area (Å²) in [6, 6.07) is 11.3. The Morgan fingerprint density at radius 2 is 2.00 bits per heavy atom. The lowest BCUT2D eigenvalue weighted by Crippen LogP contribution is -2.34. The summed E-state index contributed by atoms with van der Waals surface area (Å²) < 4.78 is 5.75. The van der Waals surface area contributed by atoms with Crippen LogP contribution in [0.25, 0.3) is 10.8 Å². The third-order valence-corrected chi connectivity index (χ3v) is 5.70. The van der Waals surface area contributed by atoms with Gasteiger partial charge in [0.15, 0.2) is 0 Å². The first-order chi connectivity index (χ1) is 13.5. The molecule has 1 aliphatic rings. The summed E-state index contributed by atoms with van der Waals surface area (Å²) >= 11 is 1.56. The highest BCUT2D eigenvalue weighted by atomic mass is 32.1. The van der Waals surface area contributed by atoms with Gasteiger partial charge in [0.1, 0.15) is 5.76 Å². The molecule has 0 aliphatic heterocycles. The minimum absolute atomic E-state index is 0.0376. The second-order valence-corrected chi connectivity index (χ2v) is 7.94. The van der Waals surface area contributed by atoms with Crippen LogP contribution in [-0.4, -0.2) is 27.7 Å². The molecule has 3 aromatic rings. The van der Waals surface area contributed by atoms with Crippen LogP contribution in [-0.2, 0) is 17.8 Å². The molecular formula is C21H21N3O3S. The number of hydrogen-bond acceptors (Lipinski definition) is 5. The van der Waals surface area contributed by atoms with E-state index >= 15 is 0 Å². The molecule has 2 amide bonds. The molecule has 28 heavy (non-hydrogen) atoms. The number of aryl methyl sites for hydroxylation is 1. The molecule has 1 aliphatic carbocycles. The average molecular weight is 395 g/mol. The number of thiophene rings is 1. The van der Waals surface area contributed by atoms with E-state index in [4.69, 9.17) is 10.2 Å². The quantitative estimate of drug-likeness (QED) is 0.662. The lowest BCUT2D eigenvalue weighted by atomic mass is 10.1. The van der Waals surface area contributed by atoms with Crippen molar-refractivity contribution in [1.82, 2.24) is 9.88 Å². The summed E-state index contributed by atoms with van der Waals surface area (Å²) in [6.07, 6.45) is 2.25. The highest BCUT2D eigenvalue weighted by Crippen LogP contribution is 2.30. The zero-order valence-electron chi connectivity index (χ0n) is 15.6. The van der Waals surface area contributed by atoms with E-state index < -0.39 is 5.91 Å². The fraction of sp³-hybridized carbons (Fsp3) is 0.286. The zero-order valence-corrected chi connectivity index (χ0v) is 16.4. The molecule has 2 N–H and O–H groups in total. The van der Waals surface area contributed by atoms with Crippen LogP contribution in [0, 0.1) is 6.92 Å². The number of rotatable bonds is 7. The summed E-state index contributed by atoms with van der Waals surface area (Å²) in [5, 5.41) is 1.97. The molecule has 0 spiro atoms. The Labute approximate surface area is 167 Å². The van der Waals surface area contributed by atoms with Crippen LogP contribution >= 0.6 is 11.3 Å². The second kappa shape index (κ2) is 7.59. The van der Waals surface area contributed by atoms with Gasteiger partial charge >= 0.3 is 0 Å². The monoisotopic (exact) mass is 395 g/mol. The van der Waals surface area contributed by atoms with Gasteiger partial charge in [0.25, 0.3) is 0 Å². The Morgan fingerprint density at radius 3 is 2.61 bits per heavy atom. The van der Waals surface area contributed by atoms with E-state index in [0.29, 0.717) is 29.5 Å². The van der Waals surface area contributed by atoms with E-state index in [1.807, 2.05) is 41.5 Å². The summed E-state index contributed by atoms with van der Waals surface area (Å²) in [4.78, 5) is 31.6. The van der Waals surface area contributed by atoms with Crippen LogP contribution in [0.2, 0.25) is 0 Å². The molecule has 2 heterocycles. The number of oxazole rings is 1. The molecule has 2 aromatic heterocycles. The van der Waals surface area contributed by atoms with Gasteiger partial charge in [-0.1, -0.05) is 18.2 Å². The number of nitrogens with two attached hydrogens (primary N) is 1. The summed E-state index contributed by atoms with van der Waals surface area (Å²) in [5.41, 5.74) is 7.41. The van der Waals surface area contributed by atoms with Crippen LogP contribution in [0.4, 0.5) is 0 Å². The maximum atomic E-state index is 13.0. The Hall–Kier alpha value is -2.93. The predicted octanol–water partition coefficient (Wildman–Crippen LogP) is 3.54. The molecule has 0 unspecified atom stereocenters. The van der Waals surface area contributed by atoms with E-state index in [-0.39, 0.29) is 18.4 Å². The summed E-state index contributed by atoms with van der Waals surface area (Å²) in [5.74, 6) is 0.828. The van der Waals surface area contributed by atoms with Crippen molar-refractivity contribution in [2.75, 3.05) is 0 Å². The van der Waals surface area contributed by atoms with Gasteiger partial charge in [0.2, 0.25) is 17.7 Å². The number of amides is 2. The van der Waals surface area contributed by atoms with Crippen LogP contribution in [0.3, 0.4) is 0 Å². The largest absolute Gasteiger partial charge is 0.440 e. The van der Waals surface area contributed by atoms with Crippen molar-refractivity contribution in [3.63, 3.8) is 0 Å². The van der Waals surface area contributed by atoms with E-state index in [0.717, 1.165) is 23.3 Å². The Morgan fingerprint density at radius 1 is 1.25 bits per heavy atom. The maximum Gasteiger partial charge on any atom is 0.248 e. The summed E-state index contributed by atoms with van der Waals surface area (Å²) in [6.45, 7) is 2.36. The highest BCUT2D eigenvalue weighted by Gasteiger charge is 2.33. The number of carbonyl (C=O) groups is 2. The summed E-state index contributed by atoms with van der Waals surface area (Å²) in [7, 11) is 0. The molecule has 4 rings (SSSR count). The van der Waals surface area contributed by atoms with Gasteiger partial charge in [0, 0.05) is 18.2 Å². The minimum Gasteiger partial charge on any atom is -0.440 e. The van der Waals surface area contributed by atoms with E-state index in [9.17, 15) is 9.59 Å². The van der Waals surface area contributed by atoms with Gasteiger partial charge in [-0.3, -0.25) is 9.59 Å². The first-order valence-electron chi connectivity index (χ1n) is 9.19. The average Bonchev–Trinajstić information content (AvgIpc) is 3.23. The SMILES string of the molecule is Cc1oc(-c2cccs2)nc1CC(=O)N(Cc1ccc(C(N)=O)cc1)C1CC1. The third kappa shape index (κ3) is 3.99. The Bertz CT molecular complexity index is 989. The number of nitrogens with zero attached hydrogens (tertiary/aromatic N) is 2. The van der Waals surface area contributed by atoms with Crippen LogP contribution in [0.1, 0.15) is 40.2 Å². The van der Waals surface area contributed by atoms with Gasteiger partial charge in [-0.25, -0.2) is 4.98 Å². The van der Waals surface area contributed by atoms with Crippen molar-refractivity contribution >= 4 is 23.2 Å². The van der Waals surface area contributed by atoms with Crippen molar-refractivity contribution in [3.05, 3.63) is 64.4 Å². The van der Waals surface area contributed by atoms with Crippen LogP contribution in [0.15, 0.2) is 46.2 Å². The lowest BCUT2D eigenvalue weighted by Gasteiger charge is -2.22. The van der Waals surface area contributed by atoms with E-state index in [1.165, 1.54) is 0 Å². The van der Waals surface area contributed by atoms with Crippen LogP contribution in [0.5, 0.6) is 0 Å². The molecule has 0 atom stereocenters. The maximum absolute atomic E-state index is 13.0. The topological polar surface area (TPSA) is 89.4 Å². The Balaban J connectivity index is 1.48. The predicted molar refractivity (Wildman–Crippen MR) is 107 cm³/mol. The molecule has 1 aromatic carbocycles. The van der Waals surface area contributed by atoms with Crippen molar-refractivity contribution in [3.8, 4) is 10.8 Å². The van der Waals surface area contributed by atoms with E-state index in [1.54, 1.807) is 23.5 Å². The molecule has 0 saturated heterocycles. The molecule has 1 saturated carbocycles. The number of hydrogen-bond donors (Lipinski definition) is 1. The molecular weight excluding hydrogens is 374 g/mol. The zero-order chi connectivity index (χ0) is 19.7. The number of carbonyl (C=O) groups excluding carboxylic acids is 2. The van der Waals surface area contributed by atoms with Gasteiger partial charge in [-0.2, -0.15) is 0 Å². The molecule has 0 bridgehead atoms. The van der Waals surface area contributed by atoms with Gasteiger partial charge < -0.3 is 15.1 Å². The number of aromatic nitrogens is 1. The fourth-order valence-corrected chi connectivity index (χ4v) is 3.77. The van der Waals surface area contributed by atoms with Gasteiger partial charge in [0.05, 0.1) is 17.0 Å². The molecule has 144 valence electrons. The molecule has 7 heteroatoms. The molecule has 6 nitrogen and oxygen atoms in total. The molecule has 0 radical (unpaired) electrons. The standard InChI is InChI=1S/C21H21N3O3S/c1-13-17(23-21(27-13)18-3-2-10-28-18)11-19(25)24(16-8-9-16)12-14-4-6-15(7-5-14)20(22)26/h2-7,10,16H,8-9,11-12H2,1H3,(H2,22,26). The first-order valence-corrected chi connectivity index (χ1v) is 10.1. The third-order valence-electron chi connectivity index (χ3n) is 4.84. The van der Waals surface area contributed by atoms with Crippen molar-refractivity contribution < 1.29 is 14.0 Å². The Kier molecular flexibility index (Phi) is 5.00.